The van der Waals surface area contributed by atoms with Crippen molar-refractivity contribution in [2.45, 2.75) is 6.42 Å². The third-order valence-electron chi connectivity index (χ3n) is 3.08. The van der Waals surface area contributed by atoms with Crippen LogP contribution in [0.1, 0.15) is 6.42 Å². The third-order valence-corrected chi connectivity index (χ3v) is 3.38. The van der Waals surface area contributed by atoms with E-state index in [1.807, 2.05) is 35.2 Å². The van der Waals surface area contributed by atoms with E-state index >= 15 is 0 Å². The Bertz CT molecular complexity index is 607. The van der Waals surface area contributed by atoms with Gasteiger partial charge in [0.25, 0.3) is 0 Å². The maximum Gasteiger partial charge on any atom is 0.243 e. The van der Waals surface area contributed by atoms with Gasteiger partial charge in [-0.25, -0.2) is 4.98 Å². The maximum absolute atomic E-state index is 12.2. The van der Waals surface area contributed by atoms with Crippen LogP contribution >= 0.6 is 11.6 Å². The molecule has 116 valence electrons. The molecule has 2 N–H and O–H groups in total. The van der Waals surface area contributed by atoms with Crippen molar-refractivity contribution < 1.29 is 9.90 Å². The summed E-state index contributed by atoms with van der Waals surface area (Å²) in [7, 11) is 0. The highest BCUT2D eigenvalue weighted by molar-refractivity contribution is 6.32. The van der Waals surface area contributed by atoms with Crippen LogP contribution in [0.25, 0.3) is 0 Å². The number of hydrogen-bond acceptors (Lipinski definition) is 4. The molecule has 22 heavy (non-hydrogen) atoms. The number of rotatable bonds is 7. The first-order valence-corrected chi connectivity index (χ1v) is 7.39. The number of carbonyl (C=O) groups is 1. The van der Waals surface area contributed by atoms with Gasteiger partial charge in [-0.15, -0.1) is 0 Å². The molecular weight excluding hydrogens is 302 g/mol. The molecule has 0 radical (unpaired) electrons. The van der Waals surface area contributed by atoms with Crippen LogP contribution in [-0.2, 0) is 4.79 Å². The minimum absolute atomic E-state index is 0.0827. The number of aromatic nitrogens is 1. The molecule has 0 aliphatic carbocycles. The SMILES string of the molecule is O=C(CN(CCCO)c1ccccc1)Nc1cccnc1Cl. The standard InChI is InChI=1S/C16H18ClN3O2/c17-16-14(8-4-9-18-16)19-15(22)12-20(10-5-11-21)13-6-2-1-3-7-13/h1-4,6-9,21H,5,10-12H2,(H,19,22). The number of nitrogens with one attached hydrogen (secondary N) is 1. The Hall–Kier alpha value is -2.11. The summed E-state index contributed by atoms with van der Waals surface area (Å²) in [6.45, 7) is 0.851. The largest absolute Gasteiger partial charge is 0.396 e. The van der Waals surface area contributed by atoms with Crippen molar-refractivity contribution in [3.8, 4) is 0 Å². The van der Waals surface area contributed by atoms with Crippen LogP contribution in [0.15, 0.2) is 48.7 Å². The van der Waals surface area contributed by atoms with Crippen LogP contribution in [0, 0.1) is 0 Å². The van der Waals surface area contributed by atoms with Crippen LogP contribution in [0.3, 0.4) is 0 Å². The number of nitrogens with zero attached hydrogens (tertiary/aromatic N) is 2. The maximum atomic E-state index is 12.2. The molecule has 0 bridgehead atoms. The first-order chi connectivity index (χ1) is 10.7. The average Bonchev–Trinajstić information content (AvgIpc) is 2.54. The van der Waals surface area contributed by atoms with Gasteiger partial charge in [-0.05, 0) is 30.7 Å². The lowest BCUT2D eigenvalue weighted by Gasteiger charge is -2.24. The Morgan fingerprint density at radius 3 is 2.68 bits per heavy atom. The normalized spacial score (nSPS) is 10.3. The highest BCUT2D eigenvalue weighted by Crippen LogP contribution is 2.18. The molecule has 2 rings (SSSR count). The smallest absolute Gasteiger partial charge is 0.243 e. The minimum atomic E-state index is -0.184. The van der Waals surface area contributed by atoms with Gasteiger partial charge in [-0.1, -0.05) is 29.8 Å². The molecule has 0 atom stereocenters. The molecule has 0 aliphatic heterocycles. The number of aliphatic hydroxyl groups is 1. The van der Waals surface area contributed by atoms with E-state index in [4.69, 9.17) is 16.7 Å². The molecule has 1 heterocycles. The molecule has 0 saturated heterocycles. The van der Waals surface area contributed by atoms with E-state index in [1.165, 1.54) is 0 Å². The Balaban J connectivity index is 2.03. The molecule has 1 aromatic heterocycles. The third kappa shape index (κ3) is 4.72. The highest BCUT2D eigenvalue weighted by atomic mass is 35.5. The van der Waals surface area contributed by atoms with E-state index in [0.717, 1.165) is 5.69 Å². The Morgan fingerprint density at radius 2 is 2.00 bits per heavy atom. The zero-order chi connectivity index (χ0) is 15.8. The average molecular weight is 320 g/mol. The topological polar surface area (TPSA) is 65.5 Å². The zero-order valence-electron chi connectivity index (χ0n) is 12.1. The number of anilines is 2. The number of para-hydroxylation sites is 1. The Kier molecular flexibility index (Phi) is 6.18. The van der Waals surface area contributed by atoms with Gasteiger partial charge in [0.1, 0.15) is 0 Å². The first-order valence-electron chi connectivity index (χ1n) is 7.02. The molecule has 0 aliphatic rings. The van der Waals surface area contributed by atoms with Gasteiger partial charge in [0, 0.05) is 25.0 Å². The van der Waals surface area contributed by atoms with Crippen molar-refractivity contribution in [2.75, 3.05) is 29.9 Å². The number of halogens is 1. The highest BCUT2D eigenvalue weighted by Gasteiger charge is 2.12. The predicted molar refractivity (Wildman–Crippen MR) is 88.2 cm³/mol. The van der Waals surface area contributed by atoms with Gasteiger partial charge in [0.2, 0.25) is 5.91 Å². The summed E-state index contributed by atoms with van der Waals surface area (Å²) in [5.74, 6) is -0.184. The summed E-state index contributed by atoms with van der Waals surface area (Å²) >= 11 is 5.93. The van der Waals surface area contributed by atoms with Crippen LogP contribution in [0.2, 0.25) is 5.15 Å². The first kappa shape index (κ1) is 16.3. The molecule has 0 unspecified atom stereocenters. The summed E-state index contributed by atoms with van der Waals surface area (Å²) in [4.78, 5) is 18.0. The molecule has 5 nitrogen and oxygen atoms in total. The lowest BCUT2D eigenvalue weighted by atomic mass is 10.2. The molecule has 1 amide bonds. The lowest BCUT2D eigenvalue weighted by molar-refractivity contribution is -0.115. The second-order valence-electron chi connectivity index (χ2n) is 4.72. The number of benzene rings is 1. The summed E-state index contributed by atoms with van der Waals surface area (Å²) < 4.78 is 0. The fraction of sp³-hybridized carbons (Fsp3) is 0.250. The van der Waals surface area contributed by atoms with Gasteiger partial charge in [-0.3, -0.25) is 4.79 Å². The minimum Gasteiger partial charge on any atom is -0.396 e. The van der Waals surface area contributed by atoms with Gasteiger partial charge in [0.05, 0.1) is 12.2 Å². The summed E-state index contributed by atoms with van der Waals surface area (Å²) in [6, 6.07) is 13.0. The number of carbonyl (C=O) groups excluding carboxylic acids is 1. The van der Waals surface area contributed by atoms with Gasteiger partial charge < -0.3 is 15.3 Å². The van der Waals surface area contributed by atoms with E-state index in [1.54, 1.807) is 18.3 Å². The van der Waals surface area contributed by atoms with Crippen LogP contribution in [-0.4, -0.2) is 35.7 Å². The molecule has 0 saturated carbocycles. The molecule has 6 heteroatoms. The van der Waals surface area contributed by atoms with E-state index in [-0.39, 0.29) is 24.2 Å². The number of hydrogen-bond donors (Lipinski definition) is 2. The molecule has 2 aromatic rings. The quantitative estimate of drug-likeness (QED) is 0.770. The number of pyridine rings is 1. The lowest BCUT2D eigenvalue weighted by Crippen LogP contribution is -2.34. The fourth-order valence-corrected chi connectivity index (χ4v) is 2.21. The number of amides is 1. The van der Waals surface area contributed by atoms with Gasteiger partial charge >= 0.3 is 0 Å². The van der Waals surface area contributed by atoms with Crippen molar-refractivity contribution in [2.24, 2.45) is 0 Å². The number of aliphatic hydroxyl groups excluding tert-OH is 1. The van der Waals surface area contributed by atoms with Crippen molar-refractivity contribution in [3.63, 3.8) is 0 Å². The van der Waals surface area contributed by atoms with Crippen LogP contribution in [0.5, 0.6) is 0 Å². The fourth-order valence-electron chi connectivity index (χ4n) is 2.04. The van der Waals surface area contributed by atoms with Crippen molar-refractivity contribution >= 4 is 28.9 Å². The molecule has 0 spiro atoms. The van der Waals surface area contributed by atoms with Crippen molar-refractivity contribution in [3.05, 3.63) is 53.8 Å². The van der Waals surface area contributed by atoms with Crippen molar-refractivity contribution in [1.82, 2.24) is 4.98 Å². The second-order valence-corrected chi connectivity index (χ2v) is 5.08. The van der Waals surface area contributed by atoms with Gasteiger partial charge in [-0.2, -0.15) is 0 Å². The van der Waals surface area contributed by atoms with E-state index in [9.17, 15) is 4.79 Å². The molecule has 1 aromatic carbocycles. The zero-order valence-corrected chi connectivity index (χ0v) is 12.8. The predicted octanol–water partition coefficient (Wildman–Crippen LogP) is 2.56. The van der Waals surface area contributed by atoms with Crippen molar-refractivity contribution in [1.29, 1.82) is 0 Å². The summed E-state index contributed by atoms with van der Waals surface area (Å²) in [6.07, 6.45) is 2.16. The Labute approximate surface area is 134 Å². The van der Waals surface area contributed by atoms with E-state index in [0.29, 0.717) is 18.7 Å². The summed E-state index contributed by atoms with van der Waals surface area (Å²) in [5, 5.41) is 12.0. The van der Waals surface area contributed by atoms with Crippen LogP contribution in [0.4, 0.5) is 11.4 Å². The van der Waals surface area contributed by atoms with Crippen LogP contribution < -0.4 is 10.2 Å². The van der Waals surface area contributed by atoms with E-state index in [2.05, 4.69) is 10.3 Å². The Morgan fingerprint density at radius 1 is 1.23 bits per heavy atom. The monoisotopic (exact) mass is 319 g/mol. The van der Waals surface area contributed by atoms with E-state index < -0.39 is 0 Å². The summed E-state index contributed by atoms with van der Waals surface area (Å²) in [5.41, 5.74) is 1.42. The molecular formula is C16H18ClN3O2. The molecule has 0 fully saturated rings. The second kappa shape index (κ2) is 8.36. The van der Waals surface area contributed by atoms with Gasteiger partial charge in [0.15, 0.2) is 5.15 Å².